The minimum absolute atomic E-state index is 0.0478. The summed E-state index contributed by atoms with van der Waals surface area (Å²) in [4.78, 5) is 27.0. The molecule has 0 aromatic heterocycles. The number of nitrogens with one attached hydrogen (secondary N) is 1. The molecule has 0 spiro atoms. The van der Waals surface area contributed by atoms with E-state index < -0.39 is 0 Å². The molecule has 2 amide bonds. The molecule has 0 aliphatic carbocycles. The smallest absolute Gasteiger partial charge is 0.255 e. The molecule has 30 heavy (non-hydrogen) atoms. The number of carbonyl (C=O) groups is 2. The first-order valence-corrected chi connectivity index (χ1v) is 11.1. The van der Waals surface area contributed by atoms with Crippen LogP contribution in [0.3, 0.4) is 0 Å². The highest BCUT2D eigenvalue weighted by Crippen LogP contribution is 2.39. The van der Waals surface area contributed by atoms with Crippen LogP contribution in [0.4, 0.5) is 5.69 Å². The molecule has 3 aromatic rings. The summed E-state index contributed by atoms with van der Waals surface area (Å²) in [5.74, 6) is 0.424. The third kappa shape index (κ3) is 4.53. The van der Waals surface area contributed by atoms with Gasteiger partial charge in [-0.15, -0.1) is 11.8 Å². The van der Waals surface area contributed by atoms with Crippen molar-refractivity contribution in [2.75, 3.05) is 11.1 Å². The Morgan fingerprint density at radius 3 is 2.53 bits per heavy atom. The largest absolute Gasteiger partial charge is 0.322 e. The van der Waals surface area contributed by atoms with Gasteiger partial charge in [0, 0.05) is 22.8 Å². The monoisotopic (exact) mass is 436 g/mol. The highest BCUT2D eigenvalue weighted by molar-refractivity contribution is 8.00. The zero-order chi connectivity index (χ0) is 21.1. The van der Waals surface area contributed by atoms with E-state index in [1.165, 1.54) is 0 Å². The minimum Gasteiger partial charge on any atom is -0.322 e. The van der Waals surface area contributed by atoms with Crippen LogP contribution in [0, 0.1) is 6.92 Å². The second-order valence-electron chi connectivity index (χ2n) is 7.21. The van der Waals surface area contributed by atoms with Crippen molar-refractivity contribution in [3.05, 3.63) is 100 Å². The lowest BCUT2D eigenvalue weighted by Crippen LogP contribution is -2.27. The Hall–Kier alpha value is -2.76. The van der Waals surface area contributed by atoms with Crippen LogP contribution in [-0.4, -0.2) is 22.5 Å². The molecule has 1 aliphatic heterocycles. The Bertz CT molecular complexity index is 1070. The van der Waals surface area contributed by atoms with Crippen molar-refractivity contribution in [1.82, 2.24) is 4.90 Å². The van der Waals surface area contributed by atoms with Gasteiger partial charge in [0.1, 0.15) is 5.37 Å². The first-order chi connectivity index (χ1) is 14.5. The van der Waals surface area contributed by atoms with Crippen molar-refractivity contribution in [1.29, 1.82) is 0 Å². The Balaban J connectivity index is 1.48. The molecule has 4 rings (SSSR count). The summed E-state index contributed by atoms with van der Waals surface area (Å²) in [5.41, 5.74) is 4.33. The van der Waals surface area contributed by atoms with E-state index >= 15 is 0 Å². The molecule has 0 saturated carbocycles. The first kappa shape index (κ1) is 20.5. The van der Waals surface area contributed by atoms with Crippen molar-refractivity contribution in [3.63, 3.8) is 0 Å². The summed E-state index contributed by atoms with van der Waals surface area (Å²) in [6.45, 7) is 2.48. The maximum absolute atomic E-state index is 12.6. The van der Waals surface area contributed by atoms with E-state index in [0.717, 1.165) is 22.4 Å². The Morgan fingerprint density at radius 1 is 1.10 bits per heavy atom. The predicted octanol–water partition coefficient (Wildman–Crippen LogP) is 5.67. The maximum Gasteiger partial charge on any atom is 0.255 e. The molecule has 4 nitrogen and oxygen atoms in total. The standard InChI is InChI=1S/C24H21ClN2O2S/c1-16-13-20(25)11-12-21(16)26-23(29)18-7-9-19(10-8-18)24-27(22(28)15-30-24)14-17-5-3-2-4-6-17/h2-13,24H,14-15H2,1H3,(H,26,29)/t24-/m0/s1. The van der Waals surface area contributed by atoms with Crippen LogP contribution in [0.5, 0.6) is 0 Å². The predicted molar refractivity (Wildman–Crippen MR) is 123 cm³/mol. The molecular formula is C24H21ClN2O2S. The lowest BCUT2D eigenvalue weighted by Gasteiger charge is -2.24. The number of benzene rings is 3. The van der Waals surface area contributed by atoms with Gasteiger partial charge in [0.15, 0.2) is 0 Å². The molecular weight excluding hydrogens is 416 g/mol. The lowest BCUT2D eigenvalue weighted by molar-refractivity contribution is -0.128. The number of carbonyl (C=O) groups excluding carboxylic acids is 2. The van der Waals surface area contributed by atoms with Gasteiger partial charge in [0.2, 0.25) is 5.91 Å². The van der Waals surface area contributed by atoms with E-state index in [4.69, 9.17) is 11.6 Å². The normalized spacial score (nSPS) is 16.0. The number of aryl methyl sites for hydroxylation is 1. The van der Waals surface area contributed by atoms with Crippen LogP contribution in [-0.2, 0) is 11.3 Å². The maximum atomic E-state index is 12.6. The van der Waals surface area contributed by atoms with E-state index in [1.807, 2.05) is 60.4 Å². The average molecular weight is 437 g/mol. The van der Waals surface area contributed by atoms with Gasteiger partial charge in [-0.3, -0.25) is 9.59 Å². The topological polar surface area (TPSA) is 49.4 Å². The van der Waals surface area contributed by atoms with E-state index in [0.29, 0.717) is 22.9 Å². The molecule has 1 aliphatic rings. The van der Waals surface area contributed by atoms with Crippen LogP contribution in [0.15, 0.2) is 72.8 Å². The SMILES string of the molecule is Cc1cc(Cl)ccc1NC(=O)c1ccc([C@@H]2SCC(=O)N2Cc2ccccc2)cc1. The zero-order valence-electron chi connectivity index (χ0n) is 16.5. The second kappa shape index (κ2) is 8.94. The highest BCUT2D eigenvalue weighted by Gasteiger charge is 2.32. The van der Waals surface area contributed by atoms with Crippen molar-refractivity contribution < 1.29 is 9.59 Å². The van der Waals surface area contributed by atoms with Gasteiger partial charge in [0.05, 0.1) is 5.75 Å². The van der Waals surface area contributed by atoms with Crippen molar-refractivity contribution in [2.45, 2.75) is 18.8 Å². The van der Waals surface area contributed by atoms with Gasteiger partial charge < -0.3 is 10.2 Å². The van der Waals surface area contributed by atoms with Gasteiger partial charge in [-0.05, 0) is 53.9 Å². The highest BCUT2D eigenvalue weighted by atomic mass is 35.5. The van der Waals surface area contributed by atoms with E-state index in [2.05, 4.69) is 5.32 Å². The fraction of sp³-hybridized carbons (Fsp3) is 0.167. The molecule has 1 fully saturated rings. The zero-order valence-corrected chi connectivity index (χ0v) is 18.0. The first-order valence-electron chi connectivity index (χ1n) is 9.64. The van der Waals surface area contributed by atoms with Gasteiger partial charge in [-0.1, -0.05) is 54.1 Å². The quantitative estimate of drug-likeness (QED) is 0.560. The van der Waals surface area contributed by atoms with Crippen molar-refractivity contribution in [3.8, 4) is 0 Å². The number of amides is 2. The Labute approximate surface area is 185 Å². The molecule has 0 bridgehead atoms. The minimum atomic E-state index is -0.178. The number of hydrogen-bond donors (Lipinski definition) is 1. The van der Waals surface area contributed by atoms with Crippen LogP contribution in [0.25, 0.3) is 0 Å². The van der Waals surface area contributed by atoms with E-state index in [-0.39, 0.29) is 17.2 Å². The van der Waals surface area contributed by atoms with Gasteiger partial charge in [-0.2, -0.15) is 0 Å². The fourth-order valence-electron chi connectivity index (χ4n) is 3.44. The molecule has 1 saturated heterocycles. The van der Waals surface area contributed by atoms with Crippen LogP contribution in [0.2, 0.25) is 5.02 Å². The summed E-state index contributed by atoms with van der Waals surface area (Å²) >= 11 is 7.59. The molecule has 6 heteroatoms. The molecule has 1 atom stereocenters. The Morgan fingerprint density at radius 2 is 1.83 bits per heavy atom. The van der Waals surface area contributed by atoms with E-state index in [1.54, 1.807) is 36.0 Å². The number of rotatable bonds is 5. The molecule has 0 unspecified atom stereocenters. The summed E-state index contributed by atoms with van der Waals surface area (Å²) in [6.07, 6.45) is 0. The van der Waals surface area contributed by atoms with E-state index in [9.17, 15) is 9.59 Å². The Kier molecular flexibility index (Phi) is 6.11. The van der Waals surface area contributed by atoms with Gasteiger partial charge >= 0.3 is 0 Å². The summed E-state index contributed by atoms with van der Waals surface area (Å²) < 4.78 is 0. The lowest BCUT2D eigenvalue weighted by atomic mass is 10.1. The number of halogens is 1. The molecule has 152 valence electrons. The van der Waals surface area contributed by atoms with Gasteiger partial charge in [0.25, 0.3) is 5.91 Å². The van der Waals surface area contributed by atoms with Crippen LogP contribution >= 0.6 is 23.4 Å². The number of hydrogen-bond acceptors (Lipinski definition) is 3. The summed E-state index contributed by atoms with van der Waals surface area (Å²) in [5, 5.41) is 3.51. The van der Waals surface area contributed by atoms with Gasteiger partial charge in [-0.25, -0.2) is 0 Å². The molecule has 1 N–H and O–H groups in total. The van der Waals surface area contributed by atoms with Crippen molar-refractivity contribution in [2.24, 2.45) is 0 Å². The third-order valence-corrected chi connectivity index (χ3v) is 6.55. The molecule has 0 radical (unpaired) electrons. The van der Waals surface area contributed by atoms with Crippen LogP contribution < -0.4 is 5.32 Å². The van der Waals surface area contributed by atoms with Crippen LogP contribution in [0.1, 0.15) is 32.4 Å². The number of anilines is 1. The molecule has 3 aromatic carbocycles. The fourth-order valence-corrected chi connectivity index (χ4v) is 4.86. The number of thioether (sulfide) groups is 1. The number of nitrogens with zero attached hydrogens (tertiary/aromatic N) is 1. The molecule has 1 heterocycles. The summed E-state index contributed by atoms with van der Waals surface area (Å²) in [6, 6.07) is 22.8. The summed E-state index contributed by atoms with van der Waals surface area (Å²) in [7, 11) is 0. The average Bonchev–Trinajstić information content (AvgIpc) is 3.11. The third-order valence-electron chi connectivity index (χ3n) is 5.06. The second-order valence-corrected chi connectivity index (χ2v) is 8.71. The van der Waals surface area contributed by atoms with Crippen molar-refractivity contribution >= 4 is 40.9 Å².